The monoisotopic (exact) mass is 245 g/mol. The first-order chi connectivity index (χ1) is 8.53. The summed E-state index contributed by atoms with van der Waals surface area (Å²) in [5.41, 5.74) is 9.39. The van der Waals surface area contributed by atoms with E-state index in [9.17, 15) is 4.79 Å². The van der Waals surface area contributed by atoms with Gasteiger partial charge >= 0.3 is 5.69 Å². The van der Waals surface area contributed by atoms with Crippen molar-refractivity contribution in [1.29, 1.82) is 0 Å². The van der Waals surface area contributed by atoms with Crippen LogP contribution in [0.1, 0.15) is 31.2 Å². The van der Waals surface area contributed by atoms with Crippen LogP contribution >= 0.6 is 0 Å². The first-order valence-corrected chi connectivity index (χ1v) is 6.48. The van der Waals surface area contributed by atoms with E-state index in [0.29, 0.717) is 0 Å². The lowest BCUT2D eigenvalue weighted by Gasteiger charge is -2.24. The van der Waals surface area contributed by atoms with Crippen molar-refractivity contribution in [2.45, 2.75) is 31.2 Å². The van der Waals surface area contributed by atoms with Crippen LogP contribution in [0.25, 0.3) is 11.0 Å². The molecular formula is C14H19N3O. The lowest BCUT2D eigenvalue weighted by atomic mass is 9.89. The summed E-state index contributed by atoms with van der Waals surface area (Å²) >= 11 is 0. The second kappa shape index (κ2) is 3.72. The highest BCUT2D eigenvalue weighted by Crippen LogP contribution is 2.37. The van der Waals surface area contributed by atoms with E-state index in [4.69, 9.17) is 5.73 Å². The van der Waals surface area contributed by atoms with Gasteiger partial charge in [0.15, 0.2) is 0 Å². The number of fused-ring (bicyclic) bond motifs is 1. The summed E-state index contributed by atoms with van der Waals surface area (Å²) < 4.78 is 3.37. The quantitative estimate of drug-likeness (QED) is 0.829. The van der Waals surface area contributed by atoms with E-state index in [1.54, 1.807) is 16.2 Å². The van der Waals surface area contributed by atoms with E-state index in [-0.39, 0.29) is 11.2 Å². The minimum absolute atomic E-state index is 0.0136. The van der Waals surface area contributed by atoms with E-state index in [2.05, 4.69) is 12.1 Å². The van der Waals surface area contributed by atoms with Gasteiger partial charge in [0.05, 0.1) is 11.0 Å². The van der Waals surface area contributed by atoms with Gasteiger partial charge < -0.3 is 5.73 Å². The van der Waals surface area contributed by atoms with E-state index >= 15 is 0 Å². The number of hydrogen-bond acceptors (Lipinski definition) is 2. The summed E-state index contributed by atoms with van der Waals surface area (Å²) in [6.45, 7) is 0. The first-order valence-electron chi connectivity index (χ1n) is 6.48. The Morgan fingerprint density at radius 1 is 1.11 bits per heavy atom. The highest BCUT2D eigenvalue weighted by molar-refractivity contribution is 5.77. The fraction of sp³-hybridized carbons (Fsp3) is 0.500. The molecule has 0 saturated heterocycles. The van der Waals surface area contributed by atoms with Crippen molar-refractivity contribution in [2.75, 3.05) is 0 Å². The third-order valence-electron chi connectivity index (χ3n) is 4.34. The van der Waals surface area contributed by atoms with Gasteiger partial charge in [-0.05, 0) is 30.5 Å². The van der Waals surface area contributed by atoms with Crippen LogP contribution in [0.4, 0.5) is 0 Å². The molecule has 1 aliphatic rings. The molecular weight excluding hydrogens is 226 g/mol. The predicted octanol–water partition coefficient (Wildman–Crippen LogP) is 1.60. The fourth-order valence-electron chi connectivity index (χ4n) is 3.11. The van der Waals surface area contributed by atoms with Crippen LogP contribution in [0, 0.1) is 0 Å². The molecule has 1 aromatic heterocycles. The van der Waals surface area contributed by atoms with Gasteiger partial charge in [0.2, 0.25) is 0 Å². The minimum Gasteiger partial charge on any atom is -0.321 e. The normalized spacial score (nSPS) is 18.6. The molecule has 4 heteroatoms. The van der Waals surface area contributed by atoms with Crippen molar-refractivity contribution in [1.82, 2.24) is 9.13 Å². The molecule has 4 nitrogen and oxygen atoms in total. The molecule has 0 amide bonds. The average Bonchev–Trinajstić information content (AvgIpc) is 2.90. The molecule has 1 aromatic carbocycles. The third-order valence-corrected chi connectivity index (χ3v) is 4.34. The number of aryl methyl sites for hydroxylation is 2. The zero-order chi connectivity index (χ0) is 12.9. The topological polar surface area (TPSA) is 53.0 Å². The second-order valence-corrected chi connectivity index (χ2v) is 5.47. The Hall–Kier alpha value is -1.55. The number of rotatable bonds is 1. The largest absolute Gasteiger partial charge is 0.328 e. The van der Waals surface area contributed by atoms with Crippen LogP contribution in [0.5, 0.6) is 0 Å². The lowest BCUT2D eigenvalue weighted by Crippen LogP contribution is -2.32. The zero-order valence-electron chi connectivity index (χ0n) is 10.9. The fourth-order valence-corrected chi connectivity index (χ4v) is 3.11. The summed E-state index contributed by atoms with van der Waals surface area (Å²) in [5, 5.41) is 0. The molecule has 0 spiro atoms. The number of hydrogen-bond donors (Lipinski definition) is 1. The molecule has 0 unspecified atom stereocenters. The maximum absolute atomic E-state index is 11.9. The van der Waals surface area contributed by atoms with Gasteiger partial charge in [-0.15, -0.1) is 0 Å². The first kappa shape index (κ1) is 11.5. The standard InChI is InChI=1S/C14H19N3O/c1-16-11-6-5-10(14(15)7-3-4-8-14)9-12(11)17(2)13(16)18/h5-6,9H,3-4,7-8,15H2,1-2H3. The summed E-state index contributed by atoms with van der Waals surface area (Å²) in [6, 6.07) is 6.17. The molecule has 1 fully saturated rings. The smallest absolute Gasteiger partial charge is 0.321 e. The molecule has 96 valence electrons. The Morgan fingerprint density at radius 2 is 1.72 bits per heavy atom. The Balaban J connectivity index is 2.23. The number of nitrogens with zero attached hydrogens (tertiary/aromatic N) is 2. The molecule has 0 radical (unpaired) electrons. The molecule has 2 N–H and O–H groups in total. The molecule has 2 aromatic rings. The summed E-state index contributed by atoms with van der Waals surface area (Å²) in [4.78, 5) is 11.9. The van der Waals surface area contributed by atoms with E-state index < -0.39 is 0 Å². The maximum atomic E-state index is 11.9. The zero-order valence-corrected chi connectivity index (χ0v) is 10.9. The molecule has 0 atom stereocenters. The highest BCUT2D eigenvalue weighted by atomic mass is 16.1. The summed E-state index contributed by atoms with van der Waals surface area (Å²) in [5.74, 6) is 0. The Morgan fingerprint density at radius 3 is 2.39 bits per heavy atom. The maximum Gasteiger partial charge on any atom is 0.328 e. The van der Waals surface area contributed by atoms with Gasteiger partial charge in [0, 0.05) is 19.6 Å². The van der Waals surface area contributed by atoms with Gasteiger partial charge in [-0.25, -0.2) is 4.79 Å². The minimum atomic E-state index is -0.194. The third kappa shape index (κ3) is 1.45. The molecule has 18 heavy (non-hydrogen) atoms. The Labute approximate surface area is 106 Å². The van der Waals surface area contributed by atoms with E-state index in [1.165, 1.54) is 12.8 Å². The van der Waals surface area contributed by atoms with Gasteiger partial charge in [0.25, 0.3) is 0 Å². The van der Waals surface area contributed by atoms with Crippen LogP contribution < -0.4 is 11.4 Å². The number of benzene rings is 1. The average molecular weight is 245 g/mol. The van der Waals surface area contributed by atoms with Gasteiger partial charge in [0.1, 0.15) is 0 Å². The van der Waals surface area contributed by atoms with Crippen molar-refractivity contribution in [3.8, 4) is 0 Å². The molecule has 1 aliphatic carbocycles. The van der Waals surface area contributed by atoms with Crippen molar-refractivity contribution in [2.24, 2.45) is 19.8 Å². The van der Waals surface area contributed by atoms with Crippen LogP contribution in [0.2, 0.25) is 0 Å². The molecule has 0 aliphatic heterocycles. The van der Waals surface area contributed by atoms with Crippen molar-refractivity contribution in [3.05, 3.63) is 34.2 Å². The van der Waals surface area contributed by atoms with Gasteiger partial charge in [-0.2, -0.15) is 0 Å². The molecule has 1 saturated carbocycles. The van der Waals surface area contributed by atoms with Crippen LogP contribution in [0.15, 0.2) is 23.0 Å². The summed E-state index contributed by atoms with van der Waals surface area (Å²) in [6.07, 6.45) is 4.48. The molecule has 3 rings (SSSR count). The molecule has 0 bridgehead atoms. The number of nitrogens with two attached hydrogens (primary N) is 1. The van der Waals surface area contributed by atoms with Crippen molar-refractivity contribution < 1.29 is 0 Å². The van der Waals surface area contributed by atoms with Crippen molar-refractivity contribution in [3.63, 3.8) is 0 Å². The summed E-state index contributed by atoms with van der Waals surface area (Å²) in [7, 11) is 3.62. The van der Waals surface area contributed by atoms with E-state index in [1.807, 2.05) is 13.1 Å². The van der Waals surface area contributed by atoms with Crippen LogP contribution in [0.3, 0.4) is 0 Å². The van der Waals surface area contributed by atoms with Crippen molar-refractivity contribution >= 4 is 11.0 Å². The Kier molecular flexibility index (Phi) is 2.38. The molecule has 1 heterocycles. The number of aromatic nitrogens is 2. The van der Waals surface area contributed by atoms with E-state index in [0.717, 1.165) is 29.4 Å². The Bertz CT molecular complexity index is 659. The SMILES string of the molecule is Cn1c(=O)n(C)c2cc(C3(N)CCCC3)ccc21. The highest BCUT2D eigenvalue weighted by Gasteiger charge is 2.31. The van der Waals surface area contributed by atoms with Gasteiger partial charge in [-0.1, -0.05) is 18.9 Å². The predicted molar refractivity (Wildman–Crippen MR) is 72.5 cm³/mol. The van der Waals surface area contributed by atoms with Gasteiger partial charge in [-0.3, -0.25) is 9.13 Å². The number of imidazole rings is 1. The lowest BCUT2D eigenvalue weighted by molar-refractivity contribution is 0.462. The van der Waals surface area contributed by atoms with Crippen LogP contribution in [-0.2, 0) is 19.6 Å². The van der Waals surface area contributed by atoms with Crippen LogP contribution in [-0.4, -0.2) is 9.13 Å². The second-order valence-electron chi connectivity index (χ2n) is 5.47.